The van der Waals surface area contributed by atoms with Gasteiger partial charge in [-0.3, -0.25) is 4.18 Å². The van der Waals surface area contributed by atoms with E-state index in [2.05, 4.69) is 16.4 Å². The summed E-state index contributed by atoms with van der Waals surface area (Å²) in [4.78, 5) is 0. The van der Waals surface area contributed by atoms with Crippen molar-refractivity contribution in [3.63, 3.8) is 0 Å². The molecule has 0 aromatic carbocycles. The van der Waals surface area contributed by atoms with Gasteiger partial charge < -0.3 is 0 Å². The number of hydrogen-bond donors (Lipinski definition) is 0. The summed E-state index contributed by atoms with van der Waals surface area (Å²) < 4.78 is 60.7. The van der Waals surface area contributed by atoms with Crippen LogP contribution in [0.4, 0.5) is 13.2 Å². The van der Waals surface area contributed by atoms with Gasteiger partial charge in [0.05, 0.1) is 6.61 Å². The maximum absolute atomic E-state index is 11.7. The van der Waals surface area contributed by atoms with Gasteiger partial charge in [-0.1, -0.05) is 12.2 Å². The van der Waals surface area contributed by atoms with E-state index in [9.17, 15) is 21.6 Å². The van der Waals surface area contributed by atoms with Crippen LogP contribution in [0, 0.1) is 0 Å². The third-order valence-electron chi connectivity index (χ3n) is 0.997. The molecule has 0 aromatic heterocycles. The summed E-state index contributed by atoms with van der Waals surface area (Å²) >= 11 is 5.63. The molecule has 0 unspecified atom stereocenters. The van der Waals surface area contributed by atoms with E-state index in [1.807, 2.05) is 0 Å². The summed E-state index contributed by atoms with van der Waals surface area (Å²) in [6.07, 6.45) is 0.188. The molecule has 0 amide bonds. The monoisotopic (exact) mass is 268 g/mol. The normalized spacial score (nSPS) is 12.8. The Morgan fingerprint density at radius 2 is 2.00 bits per heavy atom. The molecule has 3 nitrogen and oxygen atoms in total. The Morgan fingerprint density at radius 1 is 1.43 bits per heavy atom. The minimum atomic E-state index is -5.43. The molecule has 0 aliphatic rings. The van der Waals surface area contributed by atoms with Crippen molar-refractivity contribution >= 4 is 38.8 Å². The van der Waals surface area contributed by atoms with Crippen molar-refractivity contribution in [3.05, 3.63) is 0 Å². The highest BCUT2D eigenvalue weighted by atomic mass is 32.2. The van der Waals surface area contributed by atoms with E-state index >= 15 is 0 Å². The Kier molecular flexibility index (Phi) is 5.94. The molecular formula is C5H7F3O3S3. The van der Waals surface area contributed by atoms with Crippen LogP contribution in [0.5, 0.6) is 0 Å². The molecule has 9 heteroatoms. The fourth-order valence-electron chi connectivity index (χ4n) is 0.426. The molecule has 0 bridgehead atoms. The molecule has 0 radical (unpaired) electrons. The van der Waals surface area contributed by atoms with E-state index in [1.165, 1.54) is 16.5 Å². The Balaban J connectivity index is 3.85. The van der Waals surface area contributed by atoms with Crippen LogP contribution in [-0.4, -0.2) is 31.0 Å². The van der Waals surface area contributed by atoms with Gasteiger partial charge in [0, 0.05) is 10.5 Å². The first kappa shape index (κ1) is 14.1. The van der Waals surface area contributed by atoms with Crippen LogP contribution in [-0.2, 0) is 14.3 Å². The number of thiocarbonyl (C=S) groups is 1. The summed E-state index contributed by atoms with van der Waals surface area (Å²) in [6, 6.07) is 0. The number of thioether (sulfide) groups is 1. The Labute approximate surface area is 89.1 Å². The molecule has 0 heterocycles. The first-order valence-corrected chi connectivity index (χ1v) is 6.25. The second-order valence-corrected chi connectivity index (χ2v) is 5.16. The molecule has 0 N–H and O–H groups in total. The third-order valence-corrected chi connectivity index (χ3v) is 3.11. The van der Waals surface area contributed by atoms with Gasteiger partial charge in [-0.25, -0.2) is 0 Å². The van der Waals surface area contributed by atoms with E-state index in [1.54, 1.807) is 0 Å². The summed E-state index contributed by atoms with van der Waals surface area (Å²) in [6.45, 7) is -0.488. The fraction of sp³-hybridized carbons (Fsp3) is 0.800. The average molecular weight is 268 g/mol. The van der Waals surface area contributed by atoms with Crippen molar-refractivity contribution in [3.8, 4) is 0 Å². The van der Waals surface area contributed by atoms with Gasteiger partial charge in [0.25, 0.3) is 0 Å². The third kappa shape index (κ3) is 5.13. The van der Waals surface area contributed by atoms with Crippen molar-refractivity contribution < 1.29 is 25.8 Å². The first-order chi connectivity index (χ1) is 6.31. The lowest BCUT2D eigenvalue weighted by atomic mass is 10.5. The molecule has 0 atom stereocenters. The Morgan fingerprint density at radius 3 is 2.43 bits per heavy atom. The quantitative estimate of drug-likeness (QED) is 0.319. The van der Waals surface area contributed by atoms with E-state index < -0.39 is 22.2 Å². The van der Waals surface area contributed by atoms with Gasteiger partial charge in [-0.05, 0) is 6.42 Å². The number of halogens is 3. The molecule has 0 aliphatic carbocycles. The maximum Gasteiger partial charge on any atom is 0.523 e. The predicted octanol–water partition coefficient (Wildman–Crippen LogP) is 1.93. The Hall–Kier alpha value is 0.140. The lowest BCUT2D eigenvalue weighted by Crippen LogP contribution is -2.25. The zero-order valence-electron chi connectivity index (χ0n) is 6.78. The highest BCUT2D eigenvalue weighted by Crippen LogP contribution is 2.24. The summed E-state index contributed by atoms with van der Waals surface area (Å²) in [7, 11) is -5.43. The van der Waals surface area contributed by atoms with E-state index in [-0.39, 0.29) is 6.42 Å². The lowest BCUT2D eigenvalue weighted by molar-refractivity contribution is -0.0541. The van der Waals surface area contributed by atoms with Crippen molar-refractivity contribution in [2.45, 2.75) is 11.9 Å². The lowest BCUT2D eigenvalue weighted by Gasteiger charge is -2.07. The molecule has 0 fully saturated rings. The maximum atomic E-state index is 11.7. The standard InChI is InChI=1S/C5H7F3O3S3/c6-5(7,8)14(9,10)11-2-1-3-13-4-12/h4H,1-3H2. The van der Waals surface area contributed by atoms with Gasteiger partial charge in [0.2, 0.25) is 0 Å². The molecule has 0 saturated heterocycles. The summed E-state index contributed by atoms with van der Waals surface area (Å²) in [5.74, 6) is 0.427. The van der Waals surface area contributed by atoms with Gasteiger partial charge in [-0.2, -0.15) is 21.6 Å². The summed E-state index contributed by atoms with van der Waals surface area (Å²) in [5.41, 5.74) is -5.34. The predicted molar refractivity (Wildman–Crippen MR) is 51.7 cm³/mol. The second kappa shape index (κ2) is 5.89. The second-order valence-electron chi connectivity index (χ2n) is 2.04. The average Bonchev–Trinajstić information content (AvgIpc) is 2.02. The van der Waals surface area contributed by atoms with E-state index in [0.29, 0.717) is 5.75 Å². The number of hydrogen-bond acceptors (Lipinski definition) is 5. The highest BCUT2D eigenvalue weighted by Gasteiger charge is 2.47. The zero-order valence-corrected chi connectivity index (χ0v) is 9.23. The highest BCUT2D eigenvalue weighted by molar-refractivity contribution is 8.20. The van der Waals surface area contributed by atoms with Crippen LogP contribution in [0.1, 0.15) is 6.42 Å². The SMILES string of the molecule is O=S(=O)(OCCCSC=S)C(F)(F)F. The van der Waals surface area contributed by atoms with Crippen LogP contribution >= 0.6 is 24.0 Å². The van der Waals surface area contributed by atoms with Crippen LogP contribution in [0.3, 0.4) is 0 Å². The fourth-order valence-corrected chi connectivity index (χ4v) is 1.57. The topological polar surface area (TPSA) is 43.4 Å². The van der Waals surface area contributed by atoms with Gasteiger partial charge in [-0.15, -0.1) is 11.8 Å². The van der Waals surface area contributed by atoms with Gasteiger partial charge >= 0.3 is 15.6 Å². The molecule has 84 valence electrons. The van der Waals surface area contributed by atoms with E-state index in [0.717, 1.165) is 0 Å². The molecule has 0 spiro atoms. The van der Waals surface area contributed by atoms with Crippen molar-refractivity contribution in [1.82, 2.24) is 0 Å². The number of rotatable bonds is 6. The largest absolute Gasteiger partial charge is 0.523 e. The van der Waals surface area contributed by atoms with Crippen molar-refractivity contribution in [2.24, 2.45) is 0 Å². The van der Waals surface area contributed by atoms with Gasteiger partial charge in [0.1, 0.15) is 0 Å². The van der Waals surface area contributed by atoms with Gasteiger partial charge in [0.15, 0.2) is 0 Å². The smallest absolute Gasteiger partial charge is 0.263 e. The minimum Gasteiger partial charge on any atom is -0.263 e. The molecule has 0 aromatic rings. The Bertz CT molecular complexity index is 272. The first-order valence-electron chi connectivity index (χ1n) is 3.32. The molecule has 0 saturated carbocycles. The van der Waals surface area contributed by atoms with Crippen molar-refractivity contribution in [2.75, 3.05) is 12.4 Å². The van der Waals surface area contributed by atoms with Crippen LogP contribution in [0.25, 0.3) is 0 Å². The van der Waals surface area contributed by atoms with Crippen LogP contribution < -0.4 is 0 Å². The van der Waals surface area contributed by atoms with E-state index in [4.69, 9.17) is 0 Å². The molecule has 0 rings (SSSR count). The molecular weight excluding hydrogens is 261 g/mol. The zero-order chi connectivity index (χ0) is 11.2. The number of alkyl halides is 3. The minimum absolute atomic E-state index is 0.188. The molecule has 14 heavy (non-hydrogen) atoms. The molecule has 0 aliphatic heterocycles. The van der Waals surface area contributed by atoms with Crippen LogP contribution in [0.15, 0.2) is 0 Å². The van der Waals surface area contributed by atoms with Crippen LogP contribution in [0.2, 0.25) is 0 Å². The summed E-state index contributed by atoms with van der Waals surface area (Å²) in [5, 5.41) is 0. The van der Waals surface area contributed by atoms with Crippen molar-refractivity contribution in [1.29, 1.82) is 0 Å².